The van der Waals surface area contributed by atoms with Crippen molar-refractivity contribution in [2.75, 3.05) is 5.75 Å². The zero-order valence-corrected chi connectivity index (χ0v) is 12.4. The second-order valence-electron chi connectivity index (χ2n) is 4.72. The van der Waals surface area contributed by atoms with Gasteiger partial charge in [0.25, 0.3) is 0 Å². The molecule has 0 unspecified atom stereocenters. The minimum Gasteiger partial charge on any atom is -0.408 e. The van der Waals surface area contributed by atoms with Crippen molar-refractivity contribution in [2.45, 2.75) is 26.3 Å². The van der Waals surface area contributed by atoms with Crippen LogP contribution in [0, 0.1) is 0 Å². The number of benzene rings is 1. The average molecular weight is 298 g/mol. The van der Waals surface area contributed by atoms with Gasteiger partial charge in [0.1, 0.15) is 0 Å². The van der Waals surface area contributed by atoms with Crippen molar-refractivity contribution >= 4 is 21.1 Å². The molecule has 110 valence electrons. The van der Waals surface area contributed by atoms with E-state index in [9.17, 15) is 13.2 Å². The van der Waals surface area contributed by atoms with Crippen molar-refractivity contribution in [3.8, 4) is 0 Å². The van der Waals surface area contributed by atoms with Gasteiger partial charge in [0.05, 0.1) is 11.3 Å². The molecule has 0 spiro atoms. The molecule has 1 heterocycles. The molecule has 1 N–H and O–H groups in total. The van der Waals surface area contributed by atoms with Gasteiger partial charge >= 0.3 is 5.76 Å². The highest BCUT2D eigenvalue weighted by Gasteiger charge is 2.10. The summed E-state index contributed by atoms with van der Waals surface area (Å²) in [7, 11) is -1.62. The third-order valence-electron chi connectivity index (χ3n) is 3.12. The predicted molar refractivity (Wildman–Crippen MR) is 77.0 cm³/mol. The highest BCUT2D eigenvalue weighted by atomic mass is 32.2. The molecule has 0 aliphatic heterocycles. The molecule has 0 saturated heterocycles. The van der Waals surface area contributed by atoms with Crippen LogP contribution in [0.4, 0.5) is 0 Å². The number of aryl methyl sites for hydroxylation is 1. The summed E-state index contributed by atoms with van der Waals surface area (Å²) in [5, 5.41) is 0. The van der Waals surface area contributed by atoms with E-state index in [0.29, 0.717) is 17.5 Å². The molecule has 0 aliphatic carbocycles. The van der Waals surface area contributed by atoms with Crippen LogP contribution in [0.15, 0.2) is 27.4 Å². The lowest BCUT2D eigenvalue weighted by atomic mass is 10.2. The second kappa shape index (κ2) is 5.80. The summed E-state index contributed by atoms with van der Waals surface area (Å²) < 4.78 is 32.4. The minimum absolute atomic E-state index is 0.131. The lowest BCUT2D eigenvalue weighted by Crippen LogP contribution is -2.25. The highest BCUT2D eigenvalue weighted by molar-refractivity contribution is 7.89. The Morgan fingerprint density at radius 2 is 2.10 bits per heavy atom. The maximum absolute atomic E-state index is 11.7. The maximum Gasteiger partial charge on any atom is 0.419 e. The van der Waals surface area contributed by atoms with Gasteiger partial charge in [-0.15, -0.1) is 0 Å². The van der Waals surface area contributed by atoms with E-state index >= 15 is 0 Å². The van der Waals surface area contributed by atoms with E-state index in [2.05, 4.69) is 4.72 Å². The Bertz CT molecular complexity index is 758. The fraction of sp³-hybridized carbons (Fsp3) is 0.462. The Labute approximate surface area is 117 Å². The fourth-order valence-electron chi connectivity index (χ4n) is 1.89. The Hall–Kier alpha value is -1.60. The first-order valence-corrected chi connectivity index (χ1v) is 8.14. The van der Waals surface area contributed by atoms with E-state index in [1.807, 2.05) is 6.92 Å². The first-order chi connectivity index (χ1) is 9.43. The number of sulfonamides is 1. The standard InChI is InChI=1S/C13H18N2O4S/c1-3-4-7-20(17,18)14-9-10-5-6-11-12(8-10)19-13(16)15(11)2/h5-6,8,14H,3-4,7,9H2,1-2H3. The van der Waals surface area contributed by atoms with Gasteiger partial charge in [-0.2, -0.15) is 0 Å². The average Bonchev–Trinajstić information content (AvgIpc) is 2.69. The quantitative estimate of drug-likeness (QED) is 0.873. The molecular formula is C13H18N2O4S. The Kier molecular flexibility index (Phi) is 4.29. The zero-order chi connectivity index (χ0) is 14.8. The molecule has 0 fully saturated rings. The van der Waals surface area contributed by atoms with E-state index in [1.54, 1.807) is 25.2 Å². The van der Waals surface area contributed by atoms with Crippen LogP contribution in [0.3, 0.4) is 0 Å². The van der Waals surface area contributed by atoms with Gasteiger partial charge < -0.3 is 4.42 Å². The van der Waals surface area contributed by atoms with Crippen molar-refractivity contribution in [2.24, 2.45) is 7.05 Å². The van der Waals surface area contributed by atoms with E-state index < -0.39 is 15.8 Å². The van der Waals surface area contributed by atoms with Crippen molar-refractivity contribution < 1.29 is 12.8 Å². The lowest BCUT2D eigenvalue weighted by Gasteiger charge is -2.06. The smallest absolute Gasteiger partial charge is 0.408 e. The molecule has 0 bridgehead atoms. The van der Waals surface area contributed by atoms with Crippen LogP contribution in [0.5, 0.6) is 0 Å². The molecule has 0 aliphatic rings. The summed E-state index contributed by atoms with van der Waals surface area (Å²) in [6, 6.07) is 5.20. The number of aromatic nitrogens is 1. The van der Waals surface area contributed by atoms with Gasteiger partial charge in [-0.05, 0) is 24.1 Å². The first-order valence-electron chi connectivity index (χ1n) is 6.49. The lowest BCUT2D eigenvalue weighted by molar-refractivity contribution is 0.527. The first kappa shape index (κ1) is 14.8. The van der Waals surface area contributed by atoms with Crippen LogP contribution in [-0.4, -0.2) is 18.7 Å². The van der Waals surface area contributed by atoms with Crippen LogP contribution >= 0.6 is 0 Å². The zero-order valence-electron chi connectivity index (χ0n) is 11.5. The molecule has 7 heteroatoms. The largest absolute Gasteiger partial charge is 0.419 e. The van der Waals surface area contributed by atoms with E-state index in [4.69, 9.17) is 4.42 Å². The normalized spacial score (nSPS) is 12.1. The molecule has 1 aromatic carbocycles. The summed E-state index contributed by atoms with van der Waals surface area (Å²) >= 11 is 0. The fourth-order valence-corrected chi connectivity index (χ4v) is 3.09. The van der Waals surface area contributed by atoms with Crippen molar-refractivity contribution in [1.82, 2.24) is 9.29 Å². The molecule has 2 rings (SSSR count). The number of oxazole rings is 1. The molecular weight excluding hydrogens is 280 g/mol. The number of unbranched alkanes of at least 4 members (excludes halogenated alkanes) is 1. The summed E-state index contributed by atoms with van der Waals surface area (Å²) in [5.74, 6) is -0.299. The summed E-state index contributed by atoms with van der Waals surface area (Å²) in [5.41, 5.74) is 1.90. The molecule has 20 heavy (non-hydrogen) atoms. The topological polar surface area (TPSA) is 81.3 Å². The van der Waals surface area contributed by atoms with Crippen molar-refractivity contribution in [3.63, 3.8) is 0 Å². The molecule has 0 atom stereocenters. The van der Waals surface area contributed by atoms with Gasteiger partial charge in [-0.3, -0.25) is 4.57 Å². The Morgan fingerprint density at radius 3 is 2.80 bits per heavy atom. The Balaban J connectivity index is 2.13. The molecule has 2 aromatic rings. The van der Waals surface area contributed by atoms with Crippen molar-refractivity contribution in [3.05, 3.63) is 34.3 Å². The van der Waals surface area contributed by atoms with Gasteiger partial charge in [-0.1, -0.05) is 19.4 Å². The van der Waals surface area contributed by atoms with Crippen LogP contribution in [0.1, 0.15) is 25.3 Å². The molecule has 6 nitrogen and oxygen atoms in total. The third kappa shape index (κ3) is 3.29. The number of hydrogen-bond acceptors (Lipinski definition) is 4. The minimum atomic E-state index is -3.25. The van der Waals surface area contributed by atoms with Gasteiger partial charge in [0, 0.05) is 13.6 Å². The second-order valence-corrected chi connectivity index (χ2v) is 6.65. The summed E-state index contributed by atoms with van der Waals surface area (Å²) in [4.78, 5) is 11.4. The molecule has 0 radical (unpaired) electrons. The van der Waals surface area contributed by atoms with Crippen LogP contribution < -0.4 is 10.5 Å². The van der Waals surface area contributed by atoms with Gasteiger partial charge in [0.15, 0.2) is 5.58 Å². The summed E-state index contributed by atoms with van der Waals surface area (Å²) in [6.45, 7) is 2.14. The maximum atomic E-state index is 11.7. The molecule has 0 amide bonds. The monoisotopic (exact) mass is 298 g/mol. The van der Waals surface area contributed by atoms with Crippen LogP contribution in [-0.2, 0) is 23.6 Å². The van der Waals surface area contributed by atoms with Crippen LogP contribution in [0.25, 0.3) is 11.1 Å². The predicted octanol–water partition coefficient (Wildman–Crippen LogP) is 1.35. The molecule has 1 aromatic heterocycles. The van der Waals surface area contributed by atoms with Crippen molar-refractivity contribution in [1.29, 1.82) is 0 Å². The third-order valence-corrected chi connectivity index (χ3v) is 4.53. The van der Waals surface area contributed by atoms with E-state index in [0.717, 1.165) is 12.0 Å². The molecule has 0 saturated carbocycles. The Morgan fingerprint density at radius 1 is 1.35 bits per heavy atom. The number of fused-ring (bicyclic) bond motifs is 1. The number of nitrogens with one attached hydrogen (secondary N) is 1. The SMILES string of the molecule is CCCCS(=O)(=O)NCc1ccc2c(c1)oc(=O)n2C. The summed E-state index contributed by atoms with van der Waals surface area (Å²) in [6.07, 6.45) is 1.48. The number of rotatable bonds is 6. The van der Waals surface area contributed by atoms with E-state index in [-0.39, 0.29) is 12.3 Å². The number of nitrogens with zero attached hydrogens (tertiary/aromatic N) is 1. The van der Waals surface area contributed by atoms with Gasteiger partial charge in [-0.25, -0.2) is 17.9 Å². The van der Waals surface area contributed by atoms with E-state index in [1.165, 1.54) is 4.57 Å². The number of hydrogen-bond donors (Lipinski definition) is 1. The van der Waals surface area contributed by atoms with Gasteiger partial charge in [0.2, 0.25) is 10.0 Å². The van der Waals surface area contributed by atoms with Crippen LogP contribution in [0.2, 0.25) is 0 Å². The highest BCUT2D eigenvalue weighted by Crippen LogP contribution is 2.14.